The Bertz CT molecular complexity index is 881. The SMILES string of the molecule is CCN(c1ccc(C#N)c(C(F)(F)F)c1)C1CCCN(c2nccc(Cl)n2)C1. The van der Waals surface area contributed by atoms with Crippen molar-refractivity contribution >= 4 is 23.2 Å². The summed E-state index contributed by atoms with van der Waals surface area (Å²) in [5.41, 5.74) is -0.825. The van der Waals surface area contributed by atoms with Crippen molar-refractivity contribution in [3.63, 3.8) is 0 Å². The minimum Gasteiger partial charge on any atom is -0.367 e. The number of likely N-dealkylation sites (N-methyl/N-ethyl adjacent to an activating group) is 1. The molecule has 0 aliphatic carbocycles. The molecule has 0 amide bonds. The van der Waals surface area contributed by atoms with E-state index in [1.807, 2.05) is 16.7 Å². The molecule has 2 aromatic rings. The molecule has 2 heterocycles. The lowest BCUT2D eigenvalue weighted by atomic mass is 10.0. The lowest BCUT2D eigenvalue weighted by Crippen LogP contribution is -2.48. The third-order valence-electron chi connectivity index (χ3n) is 4.83. The number of rotatable bonds is 4. The predicted octanol–water partition coefficient (Wildman–Crippen LogP) is 4.52. The monoisotopic (exact) mass is 409 g/mol. The molecule has 148 valence electrons. The molecule has 1 atom stereocenters. The standard InChI is InChI=1S/C19H19ClF3N5/c1-2-28(14-6-5-13(11-24)16(10-14)19(21,22)23)15-4-3-9-27(12-15)18-25-8-7-17(20)26-18/h5-8,10,15H,2-4,9,12H2,1H3. The second-order valence-corrected chi connectivity index (χ2v) is 6.93. The highest BCUT2D eigenvalue weighted by atomic mass is 35.5. The van der Waals surface area contributed by atoms with Crippen molar-refractivity contribution in [1.29, 1.82) is 5.26 Å². The number of aromatic nitrogens is 2. The quantitative estimate of drug-likeness (QED) is 0.695. The van der Waals surface area contributed by atoms with Gasteiger partial charge in [0.25, 0.3) is 0 Å². The Kier molecular flexibility index (Phi) is 5.94. The summed E-state index contributed by atoms with van der Waals surface area (Å²) in [5.74, 6) is 0.518. The Morgan fingerprint density at radius 2 is 2.14 bits per heavy atom. The number of nitrogens with zero attached hydrogens (tertiary/aromatic N) is 5. The fourth-order valence-corrected chi connectivity index (χ4v) is 3.70. The summed E-state index contributed by atoms with van der Waals surface area (Å²) >= 11 is 5.95. The van der Waals surface area contributed by atoms with Gasteiger partial charge in [-0.2, -0.15) is 18.4 Å². The Morgan fingerprint density at radius 1 is 1.36 bits per heavy atom. The van der Waals surface area contributed by atoms with Gasteiger partial charge in [-0.05, 0) is 44.0 Å². The fraction of sp³-hybridized carbons (Fsp3) is 0.421. The van der Waals surface area contributed by atoms with E-state index in [1.54, 1.807) is 24.4 Å². The van der Waals surface area contributed by atoms with Gasteiger partial charge in [0.1, 0.15) is 5.15 Å². The van der Waals surface area contributed by atoms with Crippen molar-refractivity contribution in [2.24, 2.45) is 0 Å². The van der Waals surface area contributed by atoms with Gasteiger partial charge in [-0.25, -0.2) is 9.97 Å². The molecule has 1 aromatic heterocycles. The van der Waals surface area contributed by atoms with Crippen molar-refractivity contribution in [3.05, 3.63) is 46.7 Å². The number of benzene rings is 1. The van der Waals surface area contributed by atoms with E-state index in [0.717, 1.165) is 25.5 Å². The van der Waals surface area contributed by atoms with Gasteiger partial charge in [0.05, 0.1) is 17.2 Å². The van der Waals surface area contributed by atoms with Gasteiger partial charge in [0, 0.05) is 37.6 Å². The van der Waals surface area contributed by atoms with Crippen LogP contribution in [0.25, 0.3) is 0 Å². The fourth-order valence-electron chi connectivity index (χ4n) is 3.56. The summed E-state index contributed by atoms with van der Waals surface area (Å²) in [6.07, 6.45) is -1.29. The van der Waals surface area contributed by atoms with Gasteiger partial charge in [0.2, 0.25) is 5.95 Å². The highest BCUT2D eigenvalue weighted by Crippen LogP contribution is 2.35. The van der Waals surface area contributed by atoms with Crippen LogP contribution < -0.4 is 9.80 Å². The summed E-state index contributed by atoms with van der Waals surface area (Å²) < 4.78 is 40.0. The lowest BCUT2D eigenvalue weighted by Gasteiger charge is -2.40. The normalized spacial score (nSPS) is 17.3. The van der Waals surface area contributed by atoms with Gasteiger partial charge >= 0.3 is 6.18 Å². The zero-order valence-corrected chi connectivity index (χ0v) is 16.0. The minimum absolute atomic E-state index is 0.00430. The number of halogens is 4. The Hall–Kier alpha value is -2.53. The van der Waals surface area contributed by atoms with Crippen LogP contribution >= 0.6 is 11.6 Å². The van der Waals surface area contributed by atoms with E-state index >= 15 is 0 Å². The maximum Gasteiger partial charge on any atom is 0.417 e. The average molecular weight is 410 g/mol. The van der Waals surface area contributed by atoms with Gasteiger partial charge < -0.3 is 9.80 Å². The van der Waals surface area contributed by atoms with Crippen LogP contribution in [-0.4, -0.2) is 35.6 Å². The van der Waals surface area contributed by atoms with Crippen LogP contribution in [0.5, 0.6) is 0 Å². The second-order valence-electron chi connectivity index (χ2n) is 6.55. The molecule has 9 heteroatoms. The summed E-state index contributed by atoms with van der Waals surface area (Å²) in [7, 11) is 0. The third-order valence-corrected chi connectivity index (χ3v) is 5.04. The van der Waals surface area contributed by atoms with Crippen LogP contribution in [0.1, 0.15) is 30.9 Å². The predicted molar refractivity (Wildman–Crippen MR) is 101 cm³/mol. The maximum atomic E-state index is 13.3. The lowest BCUT2D eigenvalue weighted by molar-refractivity contribution is -0.137. The molecule has 1 unspecified atom stereocenters. The van der Waals surface area contributed by atoms with E-state index in [4.69, 9.17) is 16.9 Å². The Labute approximate surface area is 166 Å². The van der Waals surface area contributed by atoms with Crippen molar-refractivity contribution in [1.82, 2.24) is 9.97 Å². The Morgan fingerprint density at radius 3 is 2.79 bits per heavy atom. The number of piperidine rings is 1. The molecule has 1 fully saturated rings. The van der Waals surface area contributed by atoms with Gasteiger partial charge in [-0.15, -0.1) is 0 Å². The molecular weight excluding hydrogens is 391 g/mol. The van der Waals surface area contributed by atoms with E-state index in [-0.39, 0.29) is 11.6 Å². The molecule has 0 bridgehead atoms. The van der Waals surface area contributed by atoms with E-state index in [1.165, 1.54) is 6.07 Å². The van der Waals surface area contributed by atoms with Crippen molar-refractivity contribution in [3.8, 4) is 6.07 Å². The largest absolute Gasteiger partial charge is 0.417 e. The molecule has 28 heavy (non-hydrogen) atoms. The first-order valence-electron chi connectivity index (χ1n) is 8.95. The topological polar surface area (TPSA) is 56.1 Å². The molecule has 1 saturated heterocycles. The first kappa shape index (κ1) is 20.2. The molecule has 1 aliphatic heterocycles. The zero-order chi connectivity index (χ0) is 20.3. The van der Waals surface area contributed by atoms with Crippen LogP contribution in [0.4, 0.5) is 24.8 Å². The number of nitriles is 1. The molecule has 1 aromatic carbocycles. The van der Waals surface area contributed by atoms with Gasteiger partial charge in [-0.1, -0.05) is 11.6 Å². The average Bonchev–Trinajstić information content (AvgIpc) is 2.68. The van der Waals surface area contributed by atoms with Crippen LogP contribution in [0, 0.1) is 11.3 Å². The number of alkyl halides is 3. The van der Waals surface area contributed by atoms with Crippen LogP contribution in [0.15, 0.2) is 30.5 Å². The minimum atomic E-state index is -4.58. The molecule has 0 radical (unpaired) electrons. The second kappa shape index (κ2) is 8.23. The highest BCUT2D eigenvalue weighted by Gasteiger charge is 2.35. The Balaban J connectivity index is 1.88. The highest BCUT2D eigenvalue weighted by molar-refractivity contribution is 6.29. The van der Waals surface area contributed by atoms with Crippen LogP contribution in [-0.2, 0) is 6.18 Å². The van der Waals surface area contributed by atoms with Crippen LogP contribution in [0.3, 0.4) is 0 Å². The summed E-state index contributed by atoms with van der Waals surface area (Å²) in [6, 6.07) is 7.10. The molecule has 0 saturated carbocycles. The summed E-state index contributed by atoms with van der Waals surface area (Å²) in [5, 5.41) is 9.35. The third kappa shape index (κ3) is 4.30. The number of hydrogen-bond donors (Lipinski definition) is 0. The first-order valence-corrected chi connectivity index (χ1v) is 9.32. The maximum absolute atomic E-state index is 13.3. The molecule has 0 spiro atoms. The number of anilines is 2. The van der Waals surface area contributed by atoms with E-state index in [0.29, 0.717) is 29.9 Å². The van der Waals surface area contributed by atoms with Crippen LogP contribution in [0.2, 0.25) is 5.15 Å². The van der Waals surface area contributed by atoms with E-state index in [2.05, 4.69) is 9.97 Å². The molecule has 1 aliphatic rings. The van der Waals surface area contributed by atoms with Gasteiger partial charge in [0.15, 0.2) is 0 Å². The van der Waals surface area contributed by atoms with Crippen molar-refractivity contribution in [2.45, 2.75) is 32.0 Å². The molecule has 5 nitrogen and oxygen atoms in total. The molecule has 0 N–H and O–H groups in total. The summed E-state index contributed by atoms with van der Waals surface area (Å²) in [4.78, 5) is 12.4. The van der Waals surface area contributed by atoms with Crippen molar-refractivity contribution < 1.29 is 13.2 Å². The first-order chi connectivity index (χ1) is 13.3. The van der Waals surface area contributed by atoms with E-state index < -0.39 is 11.7 Å². The van der Waals surface area contributed by atoms with Gasteiger partial charge in [-0.3, -0.25) is 0 Å². The molecular formula is C19H19ClF3N5. The van der Waals surface area contributed by atoms with Crippen molar-refractivity contribution in [2.75, 3.05) is 29.4 Å². The van der Waals surface area contributed by atoms with E-state index in [9.17, 15) is 13.2 Å². The zero-order valence-electron chi connectivity index (χ0n) is 15.2. The molecule has 3 rings (SSSR count). The number of hydrogen-bond acceptors (Lipinski definition) is 5. The summed E-state index contributed by atoms with van der Waals surface area (Å²) in [6.45, 7) is 3.78. The smallest absolute Gasteiger partial charge is 0.367 e.